The molecule has 1 unspecified atom stereocenters. The van der Waals surface area contributed by atoms with Crippen LogP contribution in [0.15, 0.2) is 24.3 Å². The van der Waals surface area contributed by atoms with Crippen LogP contribution in [0.1, 0.15) is 26.7 Å². The second-order valence-corrected chi connectivity index (χ2v) is 4.57. The van der Waals surface area contributed by atoms with Gasteiger partial charge < -0.3 is 10.6 Å². The van der Waals surface area contributed by atoms with Crippen molar-refractivity contribution in [1.29, 1.82) is 0 Å². The Labute approximate surface area is 108 Å². The first-order valence-corrected chi connectivity index (χ1v) is 6.28. The van der Waals surface area contributed by atoms with Gasteiger partial charge in [0.2, 0.25) is 5.91 Å². The summed E-state index contributed by atoms with van der Waals surface area (Å²) in [6.07, 6.45) is 2.19. The van der Waals surface area contributed by atoms with Crippen molar-refractivity contribution in [2.75, 3.05) is 11.9 Å². The normalized spacial score (nSPS) is 12.2. The summed E-state index contributed by atoms with van der Waals surface area (Å²) < 4.78 is 0. The highest BCUT2D eigenvalue weighted by atomic mass is 35.5. The van der Waals surface area contributed by atoms with Crippen LogP contribution in [0.2, 0.25) is 5.02 Å². The molecule has 3 nitrogen and oxygen atoms in total. The van der Waals surface area contributed by atoms with Gasteiger partial charge in [-0.15, -0.1) is 0 Å². The SMILES string of the molecule is CCCC(C)NCC(=O)Nc1cccc(Cl)c1. The van der Waals surface area contributed by atoms with Crippen molar-refractivity contribution in [3.63, 3.8) is 0 Å². The van der Waals surface area contributed by atoms with Crippen LogP contribution < -0.4 is 10.6 Å². The zero-order chi connectivity index (χ0) is 12.7. The standard InChI is InChI=1S/C13H19ClN2O/c1-3-5-10(2)15-9-13(17)16-12-7-4-6-11(14)8-12/h4,6-8,10,15H,3,5,9H2,1-2H3,(H,16,17). The molecule has 1 atom stereocenters. The van der Waals surface area contributed by atoms with Gasteiger partial charge in [0.15, 0.2) is 0 Å². The summed E-state index contributed by atoms with van der Waals surface area (Å²) in [7, 11) is 0. The summed E-state index contributed by atoms with van der Waals surface area (Å²) in [4.78, 5) is 11.6. The molecular weight excluding hydrogens is 236 g/mol. The summed E-state index contributed by atoms with van der Waals surface area (Å²) in [5, 5.41) is 6.59. The quantitative estimate of drug-likeness (QED) is 0.819. The van der Waals surface area contributed by atoms with Gasteiger partial charge in [0.05, 0.1) is 6.54 Å². The molecule has 4 heteroatoms. The molecule has 17 heavy (non-hydrogen) atoms. The van der Waals surface area contributed by atoms with Crippen molar-refractivity contribution in [2.24, 2.45) is 0 Å². The van der Waals surface area contributed by atoms with Gasteiger partial charge in [-0.3, -0.25) is 4.79 Å². The van der Waals surface area contributed by atoms with Gasteiger partial charge in [0.25, 0.3) is 0 Å². The molecule has 0 bridgehead atoms. The monoisotopic (exact) mass is 254 g/mol. The molecule has 1 rings (SSSR count). The van der Waals surface area contributed by atoms with Crippen LogP contribution in [-0.2, 0) is 4.79 Å². The molecule has 0 saturated carbocycles. The van der Waals surface area contributed by atoms with E-state index in [2.05, 4.69) is 24.5 Å². The van der Waals surface area contributed by atoms with Crippen LogP contribution in [0.4, 0.5) is 5.69 Å². The zero-order valence-corrected chi connectivity index (χ0v) is 11.1. The molecule has 0 aliphatic heterocycles. The van der Waals surface area contributed by atoms with Crippen molar-refractivity contribution < 1.29 is 4.79 Å². The second kappa shape index (κ2) is 7.30. The van der Waals surface area contributed by atoms with E-state index in [-0.39, 0.29) is 5.91 Å². The van der Waals surface area contributed by atoms with Gasteiger partial charge in [-0.25, -0.2) is 0 Å². The fourth-order valence-corrected chi connectivity index (χ4v) is 1.76. The van der Waals surface area contributed by atoms with E-state index in [1.54, 1.807) is 12.1 Å². The number of nitrogens with one attached hydrogen (secondary N) is 2. The summed E-state index contributed by atoms with van der Waals surface area (Å²) in [5.41, 5.74) is 0.729. The van der Waals surface area contributed by atoms with Crippen LogP contribution in [0.5, 0.6) is 0 Å². The minimum Gasteiger partial charge on any atom is -0.325 e. The first kappa shape index (κ1) is 14.0. The van der Waals surface area contributed by atoms with Crippen LogP contribution in [0, 0.1) is 0 Å². The van der Waals surface area contributed by atoms with Crippen molar-refractivity contribution in [2.45, 2.75) is 32.7 Å². The average Bonchev–Trinajstić information content (AvgIpc) is 2.27. The first-order valence-electron chi connectivity index (χ1n) is 5.90. The molecule has 0 spiro atoms. The number of amides is 1. The van der Waals surface area contributed by atoms with Gasteiger partial charge in [0, 0.05) is 16.8 Å². The maximum absolute atomic E-state index is 11.6. The van der Waals surface area contributed by atoms with Gasteiger partial charge in [0.1, 0.15) is 0 Å². The van der Waals surface area contributed by atoms with E-state index >= 15 is 0 Å². The van der Waals surface area contributed by atoms with Crippen LogP contribution in [0.25, 0.3) is 0 Å². The Morgan fingerprint density at radius 3 is 2.88 bits per heavy atom. The molecule has 1 aromatic carbocycles. The summed E-state index contributed by atoms with van der Waals surface area (Å²) in [6, 6.07) is 7.50. The highest BCUT2D eigenvalue weighted by molar-refractivity contribution is 6.30. The number of carbonyl (C=O) groups is 1. The molecule has 1 aromatic rings. The molecule has 94 valence electrons. The fraction of sp³-hybridized carbons (Fsp3) is 0.462. The molecular formula is C13H19ClN2O. The summed E-state index contributed by atoms with van der Waals surface area (Å²) in [5.74, 6) is -0.0461. The molecule has 2 N–H and O–H groups in total. The second-order valence-electron chi connectivity index (χ2n) is 4.13. The van der Waals surface area contributed by atoms with Gasteiger partial charge >= 0.3 is 0 Å². The Bertz CT molecular complexity index is 368. The van der Waals surface area contributed by atoms with E-state index in [1.807, 2.05) is 12.1 Å². The van der Waals surface area contributed by atoms with Crippen LogP contribution in [0.3, 0.4) is 0 Å². The van der Waals surface area contributed by atoms with E-state index in [4.69, 9.17) is 11.6 Å². The lowest BCUT2D eigenvalue weighted by Gasteiger charge is -2.12. The first-order chi connectivity index (χ1) is 8.11. The minimum atomic E-state index is -0.0461. The van der Waals surface area contributed by atoms with Crippen molar-refractivity contribution in [3.8, 4) is 0 Å². The topological polar surface area (TPSA) is 41.1 Å². The van der Waals surface area contributed by atoms with Crippen LogP contribution >= 0.6 is 11.6 Å². The lowest BCUT2D eigenvalue weighted by molar-refractivity contribution is -0.115. The predicted molar refractivity (Wildman–Crippen MR) is 72.5 cm³/mol. The summed E-state index contributed by atoms with van der Waals surface area (Å²) >= 11 is 5.83. The van der Waals surface area contributed by atoms with Crippen LogP contribution in [-0.4, -0.2) is 18.5 Å². The largest absolute Gasteiger partial charge is 0.325 e. The zero-order valence-electron chi connectivity index (χ0n) is 10.3. The molecule has 1 amide bonds. The third-order valence-electron chi connectivity index (χ3n) is 2.44. The number of hydrogen-bond donors (Lipinski definition) is 2. The Morgan fingerprint density at radius 1 is 1.47 bits per heavy atom. The van der Waals surface area contributed by atoms with E-state index in [9.17, 15) is 4.79 Å². The maximum Gasteiger partial charge on any atom is 0.238 e. The smallest absolute Gasteiger partial charge is 0.238 e. The lowest BCUT2D eigenvalue weighted by Crippen LogP contribution is -2.34. The number of rotatable bonds is 6. The molecule has 0 aliphatic carbocycles. The highest BCUT2D eigenvalue weighted by Gasteiger charge is 2.05. The Morgan fingerprint density at radius 2 is 2.24 bits per heavy atom. The van der Waals surface area contributed by atoms with Gasteiger partial charge in [-0.2, -0.15) is 0 Å². The fourth-order valence-electron chi connectivity index (χ4n) is 1.57. The van der Waals surface area contributed by atoms with E-state index in [0.717, 1.165) is 18.5 Å². The van der Waals surface area contributed by atoms with Gasteiger partial charge in [-0.05, 0) is 31.5 Å². The lowest BCUT2D eigenvalue weighted by atomic mass is 10.2. The third-order valence-corrected chi connectivity index (χ3v) is 2.68. The maximum atomic E-state index is 11.6. The number of carbonyl (C=O) groups excluding carboxylic acids is 1. The minimum absolute atomic E-state index is 0.0461. The number of benzene rings is 1. The molecule has 0 aromatic heterocycles. The Balaban J connectivity index is 2.34. The number of anilines is 1. The molecule has 0 fully saturated rings. The molecule has 0 saturated heterocycles. The predicted octanol–water partition coefficient (Wildman–Crippen LogP) is 3.06. The summed E-state index contributed by atoms with van der Waals surface area (Å²) in [6.45, 7) is 4.54. The van der Waals surface area contributed by atoms with E-state index in [1.165, 1.54) is 0 Å². The van der Waals surface area contributed by atoms with E-state index in [0.29, 0.717) is 17.6 Å². The molecule has 0 aliphatic rings. The molecule has 0 radical (unpaired) electrons. The number of halogens is 1. The Hall–Kier alpha value is -1.06. The number of hydrogen-bond acceptors (Lipinski definition) is 2. The Kier molecular flexibility index (Phi) is 6.01. The highest BCUT2D eigenvalue weighted by Crippen LogP contribution is 2.14. The van der Waals surface area contributed by atoms with Gasteiger partial charge in [-0.1, -0.05) is 31.0 Å². The molecule has 0 heterocycles. The van der Waals surface area contributed by atoms with Crippen molar-refractivity contribution >= 4 is 23.2 Å². The van der Waals surface area contributed by atoms with E-state index < -0.39 is 0 Å². The van der Waals surface area contributed by atoms with Crippen molar-refractivity contribution in [3.05, 3.63) is 29.3 Å². The van der Waals surface area contributed by atoms with Crippen molar-refractivity contribution in [1.82, 2.24) is 5.32 Å². The average molecular weight is 255 g/mol. The third kappa shape index (κ3) is 5.71.